The number of nitrogens with one attached hydrogen (secondary N) is 1. The van der Waals surface area contributed by atoms with Crippen LogP contribution in [0.15, 0.2) is 75.6 Å². The van der Waals surface area contributed by atoms with E-state index in [9.17, 15) is 4.79 Å². The number of carbonyl (C=O) groups excluding carboxylic acids is 1. The van der Waals surface area contributed by atoms with Gasteiger partial charge in [0, 0.05) is 15.6 Å². The van der Waals surface area contributed by atoms with Crippen LogP contribution in [-0.4, -0.2) is 5.91 Å². The maximum absolute atomic E-state index is 12.0. The third kappa shape index (κ3) is 3.46. The van der Waals surface area contributed by atoms with Gasteiger partial charge in [-0.2, -0.15) is 0 Å². The number of furan rings is 1. The molecule has 0 aliphatic heterocycles. The maximum Gasteiger partial charge on any atom is 0.251 e. The second-order valence-electron chi connectivity index (χ2n) is 4.82. The standard InChI is InChI=1S/C18H14BrNO2/c19-15-8-6-13(7-9-15)17-11-10-16(22-17)12-20-18(21)14-4-2-1-3-5-14/h1-11H,12H2,(H,20,21). The van der Waals surface area contributed by atoms with Gasteiger partial charge in [-0.1, -0.05) is 46.3 Å². The SMILES string of the molecule is O=C(NCc1ccc(-c2ccc(Br)cc2)o1)c1ccccc1. The molecule has 1 N–H and O–H groups in total. The molecule has 0 bridgehead atoms. The van der Waals surface area contributed by atoms with Gasteiger partial charge in [-0.15, -0.1) is 0 Å². The van der Waals surface area contributed by atoms with Crippen molar-refractivity contribution in [3.05, 3.63) is 82.5 Å². The summed E-state index contributed by atoms with van der Waals surface area (Å²) in [6, 6.07) is 20.8. The lowest BCUT2D eigenvalue weighted by atomic mass is 10.2. The molecule has 22 heavy (non-hydrogen) atoms. The summed E-state index contributed by atoms with van der Waals surface area (Å²) >= 11 is 3.41. The molecule has 3 nitrogen and oxygen atoms in total. The van der Waals surface area contributed by atoms with Crippen molar-refractivity contribution in [3.8, 4) is 11.3 Å². The summed E-state index contributed by atoms with van der Waals surface area (Å²) in [6.07, 6.45) is 0. The smallest absolute Gasteiger partial charge is 0.251 e. The van der Waals surface area contributed by atoms with Crippen molar-refractivity contribution < 1.29 is 9.21 Å². The lowest BCUT2D eigenvalue weighted by Crippen LogP contribution is -2.22. The molecule has 1 amide bonds. The molecule has 0 radical (unpaired) electrons. The van der Waals surface area contributed by atoms with Gasteiger partial charge in [-0.05, 0) is 36.4 Å². The molecule has 0 spiro atoms. The molecular weight excluding hydrogens is 342 g/mol. The van der Waals surface area contributed by atoms with E-state index in [0.717, 1.165) is 21.6 Å². The molecule has 0 unspecified atom stereocenters. The van der Waals surface area contributed by atoms with Crippen molar-refractivity contribution in [2.75, 3.05) is 0 Å². The summed E-state index contributed by atoms with van der Waals surface area (Å²) in [4.78, 5) is 12.0. The van der Waals surface area contributed by atoms with E-state index >= 15 is 0 Å². The fraction of sp³-hybridized carbons (Fsp3) is 0.0556. The summed E-state index contributed by atoms with van der Waals surface area (Å²) in [5.74, 6) is 1.40. The summed E-state index contributed by atoms with van der Waals surface area (Å²) in [7, 11) is 0. The average Bonchev–Trinajstić information content (AvgIpc) is 3.03. The van der Waals surface area contributed by atoms with E-state index in [2.05, 4.69) is 21.2 Å². The lowest BCUT2D eigenvalue weighted by Gasteiger charge is -2.03. The van der Waals surface area contributed by atoms with E-state index < -0.39 is 0 Å². The minimum atomic E-state index is -0.109. The Morgan fingerprint density at radius 1 is 0.955 bits per heavy atom. The molecule has 0 saturated heterocycles. The normalized spacial score (nSPS) is 10.4. The van der Waals surface area contributed by atoms with Crippen LogP contribution in [0.2, 0.25) is 0 Å². The van der Waals surface area contributed by atoms with Gasteiger partial charge in [0.1, 0.15) is 11.5 Å². The fourth-order valence-corrected chi connectivity index (χ4v) is 2.37. The number of rotatable bonds is 4. The highest BCUT2D eigenvalue weighted by molar-refractivity contribution is 9.10. The van der Waals surface area contributed by atoms with E-state index in [1.165, 1.54) is 0 Å². The minimum absolute atomic E-state index is 0.109. The van der Waals surface area contributed by atoms with E-state index in [-0.39, 0.29) is 5.91 Å². The molecule has 0 aliphatic carbocycles. The fourth-order valence-electron chi connectivity index (χ4n) is 2.10. The molecule has 3 rings (SSSR count). The van der Waals surface area contributed by atoms with Crippen molar-refractivity contribution in [2.24, 2.45) is 0 Å². The van der Waals surface area contributed by atoms with Crippen LogP contribution in [-0.2, 0) is 6.54 Å². The number of hydrogen-bond acceptors (Lipinski definition) is 2. The van der Waals surface area contributed by atoms with Gasteiger partial charge >= 0.3 is 0 Å². The number of benzene rings is 2. The van der Waals surface area contributed by atoms with Crippen molar-refractivity contribution in [1.29, 1.82) is 0 Å². The topological polar surface area (TPSA) is 42.2 Å². The van der Waals surface area contributed by atoms with Gasteiger partial charge in [0.15, 0.2) is 0 Å². The molecule has 110 valence electrons. The zero-order valence-corrected chi connectivity index (χ0v) is 13.3. The Balaban J connectivity index is 1.65. The van der Waals surface area contributed by atoms with Crippen molar-refractivity contribution in [2.45, 2.75) is 6.54 Å². The average molecular weight is 356 g/mol. The quantitative estimate of drug-likeness (QED) is 0.740. The van der Waals surface area contributed by atoms with E-state index in [4.69, 9.17) is 4.42 Å². The van der Waals surface area contributed by atoms with E-state index in [1.807, 2.05) is 54.6 Å². The summed E-state index contributed by atoms with van der Waals surface area (Å²) < 4.78 is 6.79. The van der Waals surface area contributed by atoms with Crippen LogP contribution >= 0.6 is 15.9 Å². The van der Waals surface area contributed by atoms with E-state index in [1.54, 1.807) is 12.1 Å². The van der Waals surface area contributed by atoms with Gasteiger partial charge in [0.2, 0.25) is 0 Å². The highest BCUT2D eigenvalue weighted by Gasteiger charge is 2.08. The van der Waals surface area contributed by atoms with E-state index in [0.29, 0.717) is 12.1 Å². The van der Waals surface area contributed by atoms with Gasteiger partial charge in [-0.25, -0.2) is 0 Å². The molecule has 1 heterocycles. The van der Waals surface area contributed by atoms with Crippen molar-refractivity contribution >= 4 is 21.8 Å². The number of carbonyl (C=O) groups is 1. The molecule has 0 fully saturated rings. The van der Waals surface area contributed by atoms with Crippen LogP contribution in [0.5, 0.6) is 0 Å². The molecule has 0 atom stereocenters. The monoisotopic (exact) mass is 355 g/mol. The summed E-state index contributed by atoms with van der Waals surface area (Å²) in [6.45, 7) is 0.365. The maximum atomic E-state index is 12.0. The lowest BCUT2D eigenvalue weighted by molar-refractivity contribution is 0.0948. The molecule has 4 heteroatoms. The molecule has 2 aromatic carbocycles. The van der Waals surface area contributed by atoms with Crippen LogP contribution in [0.25, 0.3) is 11.3 Å². The second kappa shape index (κ2) is 6.62. The third-order valence-corrected chi connectivity index (χ3v) is 3.78. The first-order valence-corrected chi connectivity index (χ1v) is 7.69. The van der Waals surface area contributed by atoms with Gasteiger partial charge in [0.25, 0.3) is 5.91 Å². The van der Waals surface area contributed by atoms with Crippen LogP contribution in [0, 0.1) is 0 Å². The zero-order valence-electron chi connectivity index (χ0n) is 11.8. The van der Waals surface area contributed by atoms with Crippen LogP contribution < -0.4 is 5.32 Å². The Hall–Kier alpha value is -2.33. The van der Waals surface area contributed by atoms with Gasteiger partial charge in [0.05, 0.1) is 6.54 Å². The molecule has 0 aliphatic rings. The van der Waals surface area contributed by atoms with Crippen molar-refractivity contribution in [3.63, 3.8) is 0 Å². The highest BCUT2D eigenvalue weighted by Crippen LogP contribution is 2.23. The van der Waals surface area contributed by atoms with Crippen LogP contribution in [0.4, 0.5) is 0 Å². The predicted octanol–water partition coefficient (Wildman–Crippen LogP) is 4.64. The highest BCUT2D eigenvalue weighted by atomic mass is 79.9. The Kier molecular flexibility index (Phi) is 4.39. The van der Waals surface area contributed by atoms with Gasteiger partial charge < -0.3 is 9.73 Å². The Bertz CT molecular complexity index is 763. The second-order valence-corrected chi connectivity index (χ2v) is 5.74. The minimum Gasteiger partial charge on any atom is -0.459 e. The molecule has 3 aromatic rings. The van der Waals surface area contributed by atoms with Crippen LogP contribution in [0.1, 0.15) is 16.1 Å². The number of hydrogen-bond donors (Lipinski definition) is 1. The Morgan fingerprint density at radius 2 is 1.68 bits per heavy atom. The first-order chi connectivity index (χ1) is 10.7. The third-order valence-electron chi connectivity index (χ3n) is 3.25. The Morgan fingerprint density at radius 3 is 2.41 bits per heavy atom. The molecule has 0 saturated carbocycles. The number of halogens is 1. The van der Waals surface area contributed by atoms with Gasteiger partial charge in [-0.3, -0.25) is 4.79 Å². The molecule has 1 aromatic heterocycles. The first-order valence-electron chi connectivity index (χ1n) is 6.90. The summed E-state index contributed by atoms with van der Waals surface area (Å²) in [5.41, 5.74) is 1.64. The Labute approximate surface area is 137 Å². The molecular formula is C18H14BrNO2. The van der Waals surface area contributed by atoms with Crippen LogP contribution in [0.3, 0.4) is 0 Å². The zero-order chi connectivity index (χ0) is 15.4. The summed E-state index contributed by atoms with van der Waals surface area (Å²) in [5, 5.41) is 2.85. The van der Waals surface area contributed by atoms with Crippen molar-refractivity contribution in [1.82, 2.24) is 5.32 Å². The first kappa shape index (κ1) is 14.6. The largest absolute Gasteiger partial charge is 0.459 e. The predicted molar refractivity (Wildman–Crippen MR) is 89.5 cm³/mol. The number of amides is 1.